The van der Waals surface area contributed by atoms with Crippen LogP contribution in [0.25, 0.3) is 0 Å². The summed E-state index contributed by atoms with van der Waals surface area (Å²) in [6, 6.07) is 0. The van der Waals surface area contributed by atoms with Gasteiger partial charge in [-0.25, -0.2) is 4.79 Å². The lowest BCUT2D eigenvalue weighted by molar-refractivity contribution is -0.338. The first kappa shape index (κ1) is 18.6. The third-order valence-electron chi connectivity index (χ3n) is 3.90. The zero-order chi connectivity index (χ0) is 16.6. The van der Waals surface area contributed by atoms with Crippen LogP contribution in [0.15, 0.2) is 0 Å². The number of unbranched alkanes of at least 4 members (excludes halogenated alkanes) is 2. The van der Waals surface area contributed by atoms with Gasteiger partial charge in [0.25, 0.3) is 0 Å². The average Bonchev–Trinajstić information content (AvgIpc) is 2.49. The second-order valence-electron chi connectivity index (χ2n) is 5.65. The highest BCUT2D eigenvalue weighted by Crippen LogP contribution is 2.36. The number of carboxylic acid groups (broad SMARTS) is 1. The van der Waals surface area contributed by atoms with Crippen molar-refractivity contribution in [3.63, 3.8) is 0 Å². The van der Waals surface area contributed by atoms with Crippen molar-refractivity contribution < 1.29 is 33.0 Å². The highest BCUT2D eigenvalue weighted by atomic mass is 19.3. The molecular formula is C15H23F2O5-. The molecule has 1 rings (SSSR count). The van der Waals surface area contributed by atoms with E-state index in [1.807, 2.05) is 6.92 Å². The molecule has 0 radical (unpaired) electrons. The topological polar surface area (TPSA) is 75.7 Å². The molecule has 128 valence electrons. The second kappa shape index (κ2) is 8.90. The maximum atomic E-state index is 13.8. The molecule has 1 fully saturated rings. The lowest BCUT2D eigenvalue weighted by atomic mass is 9.83. The van der Waals surface area contributed by atoms with Crippen LogP contribution in [-0.4, -0.2) is 30.8 Å². The van der Waals surface area contributed by atoms with Gasteiger partial charge in [-0.05, 0) is 19.3 Å². The molecule has 7 heteroatoms. The molecule has 0 aliphatic heterocycles. The van der Waals surface area contributed by atoms with E-state index in [0.29, 0.717) is 32.1 Å². The molecule has 0 aromatic heterocycles. The van der Waals surface area contributed by atoms with Crippen LogP contribution in [0, 0.1) is 5.92 Å². The number of carbonyl (C=O) groups is 2. The predicted molar refractivity (Wildman–Crippen MR) is 72.3 cm³/mol. The van der Waals surface area contributed by atoms with Gasteiger partial charge in [0.05, 0.1) is 6.61 Å². The summed E-state index contributed by atoms with van der Waals surface area (Å²) in [5.74, 6) is -7.43. The minimum Gasteiger partial charge on any atom is -0.544 e. The van der Waals surface area contributed by atoms with Crippen LogP contribution in [0.1, 0.15) is 58.3 Å². The average molecular weight is 321 g/mol. The Morgan fingerprint density at radius 1 is 1.23 bits per heavy atom. The van der Waals surface area contributed by atoms with Gasteiger partial charge in [0.2, 0.25) is 0 Å². The van der Waals surface area contributed by atoms with E-state index in [1.165, 1.54) is 0 Å². The number of hydrogen-bond donors (Lipinski definition) is 0. The number of carbonyl (C=O) groups excluding carboxylic acids is 2. The van der Waals surface area contributed by atoms with E-state index >= 15 is 0 Å². The smallest absolute Gasteiger partial charge is 0.508 e. The van der Waals surface area contributed by atoms with Crippen molar-refractivity contribution in [3.05, 3.63) is 0 Å². The van der Waals surface area contributed by atoms with Crippen LogP contribution in [0.4, 0.5) is 13.6 Å². The molecule has 0 heterocycles. The fourth-order valence-electron chi connectivity index (χ4n) is 2.66. The van der Waals surface area contributed by atoms with Crippen molar-refractivity contribution in [2.75, 3.05) is 6.61 Å². The third kappa shape index (κ3) is 5.42. The first-order valence-corrected chi connectivity index (χ1v) is 7.82. The summed E-state index contributed by atoms with van der Waals surface area (Å²) >= 11 is 0. The summed E-state index contributed by atoms with van der Waals surface area (Å²) in [4.78, 5) is 22.2. The maximum Gasteiger partial charge on any atom is 0.508 e. The largest absolute Gasteiger partial charge is 0.544 e. The van der Waals surface area contributed by atoms with E-state index in [2.05, 4.69) is 4.74 Å². The number of halogens is 2. The van der Waals surface area contributed by atoms with Crippen molar-refractivity contribution in [2.24, 2.45) is 5.92 Å². The number of carboxylic acids is 1. The molecule has 0 N–H and O–H groups in total. The van der Waals surface area contributed by atoms with Gasteiger partial charge in [-0.2, -0.15) is 8.78 Å². The van der Waals surface area contributed by atoms with Crippen LogP contribution in [-0.2, 0) is 14.3 Å². The van der Waals surface area contributed by atoms with E-state index in [1.54, 1.807) is 0 Å². The van der Waals surface area contributed by atoms with Crippen LogP contribution >= 0.6 is 0 Å². The molecule has 1 unspecified atom stereocenters. The number of ether oxygens (including phenoxy) is 2. The van der Waals surface area contributed by atoms with Crippen LogP contribution in [0.5, 0.6) is 0 Å². The van der Waals surface area contributed by atoms with Gasteiger partial charge in [0, 0.05) is 5.92 Å². The van der Waals surface area contributed by atoms with Crippen molar-refractivity contribution in [3.8, 4) is 0 Å². The molecular weight excluding hydrogens is 298 g/mol. The van der Waals surface area contributed by atoms with Crippen LogP contribution in [0.2, 0.25) is 0 Å². The quantitative estimate of drug-likeness (QED) is 0.507. The Hall–Kier alpha value is -1.40. The van der Waals surface area contributed by atoms with E-state index < -0.39 is 30.1 Å². The van der Waals surface area contributed by atoms with Crippen molar-refractivity contribution in [2.45, 2.75) is 70.3 Å². The number of aliphatic carboxylic acids is 1. The zero-order valence-corrected chi connectivity index (χ0v) is 12.8. The van der Waals surface area contributed by atoms with Gasteiger partial charge in [0.1, 0.15) is 5.97 Å². The number of hydrogen-bond acceptors (Lipinski definition) is 5. The molecule has 0 amide bonds. The molecule has 0 aromatic carbocycles. The minimum absolute atomic E-state index is 0.0704. The summed E-state index contributed by atoms with van der Waals surface area (Å²) in [5, 5.41) is 10.7. The number of alkyl halides is 2. The van der Waals surface area contributed by atoms with Gasteiger partial charge < -0.3 is 19.4 Å². The summed E-state index contributed by atoms with van der Waals surface area (Å²) in [6.45, 7) is 2.04. The molecule has 1 aliphatic carbocycles. The van der Waals surface area contributed by atoms with Crippen molar-refractivity contribution >= 4 is 12.1 Å². The van der Waals surface area contributed by atoms with Gasteiger partial charge >= 0.3 is 12.1 Å². The summed E-state index contributed by atoms with van der Waals surface area (Å²) in [6.07, 6.45) is 2.22. The zero-order valence-electron chi connectivity index (χ0n) is 12.8. The molecule has 0 spiro atoms. The fourth-order valence-corrected chi connectivity index (χ4v) is 2.66. The van der Waals surface area contributed by atoms with Crippen LogP contribution in [0.3, 0.4) is 0 Å². The van der Waals surface area contributed by atoms with E-state index in [-0.39, 0.29) is 6.61 Å². The monoisotopic (exact) mass is 321 g/mol. The molecule has 0 aromatic rings. The molecule has 22 heavy (non-hydrogen) atoms. The SMILES string of the molecule is CCCCCOC(=O)OC(C1CCCCC1)C(F)(F)C(=O)[O-]. The Bertz CT molecular complexity index is 367. The van der Waals surface area contributed by atoms with Gasteiger partial charge in [0.15, 0.2) is 6.10 Å². The van der Waals surface area contributed by atoms with Crippen molar-refractivity contribution in [1.29, 1.82) is 0 Å². The predicted octanol–water partition coefficient (Wildman–Crippen LogP) is 2.66. The van der Waals surface area contributed by atoms with E-state index in [0.717, 1.165) is 19.3 Å². The molecule has 5 nitrogen and oxygen atoms in total. The molecule has 1 atom stereocenters. The Morgan fingerprint density at radius 3 is 2.41 bits per heavy atom. The summed E-state index contributed by atoms with van der Waals surface area (Å²) in [7, 11) is 0. The number of rotatable bonds is 8. The fraction of sp³-hybridized carbons (Fsp3) is 0.867. The molecule has 1 aliphatic rings. The third-order valence-corrected chi connectivity index (χ3v) is 3.90. The lowest BCUT2D eigenvalue weighted by Crippen LogP contribution is -2.54. The highest BCUT2D eigenvalue weighted by Gasteiger charge is 2.49. The lowest BCUT2D eigenvalue weighted by Gasteiger charge is -2.34. The van der Waals surface area contributed by atoms with Gasteiger partial charge in [-0.15, -0.1) is 0 Å². The summed E-state index contributed by atoms with van der Waals surface area (Å²) < 4.78 is 37.0. The normalized spacial score (nSPS) is 17.8. The summed E-state index contributed by atoms with van der Waals surface area (Å²) in [5.41, 5.74) is 0. The Morgan fingerprint density at radius 2 is 1.86 bits per heavy atom. The van der Waals surface area contributed by atoms with E-state index in [4.69, 9.17) is 4.74 Å². The minimum atomic E-state index is -4.22. The molecule has 0 bridgehead atoms. The Kier molecular flexibility index (Phi) is 7.55. The second-order valence-corrected chi connectivity index (χ2v) is 5.65. The molecule has 1 saturated carbocycles. The van der Waals surface area contributed by atoms with Gasteiger partial charge in [-0.3, -0.25) is 0 Å². The first-order valence-electron chi connectivity index (χ1n) is 7.82. The van der Waals surface area contributed by atoms with E-state index in [9.17, 15) is 23.5 Å². The highest BCUT2D eigenvalue weighted by molar-refractivity contribution is 5.74. The van der Waals surface area contributed by atoms with Gasteiger partial charge in [-0.1, -0.05) is 39.0 Å². The van der Waals surface area contributed by atoms with Crippen LogP contribution < -0.4 is 5.11 Å². The first-order chi connectivity index (χ1) is 10.4. The maximum absolute atomic E-state index is 13.8. The molecule has 0 saturated heterocycles. The Labute approximate surface area is 129 Å². The standard InChI is InChI=1S/C15H24F2O5/c1-2-3-7-10-21-14(20)22-12(15(16,17)13(18)19)11-8-5-4-6-9-11/h11-12H,2-10H2,1H3,(H,18,19)/p-1. The van der Waals surface area contributed by atoms with Crippen molar-refractivity contribution in [1.82, 2.24) is 0 Å². The Balaban J connectivity index is 2.65.